The van der Waals surface area contributed by atoms with E-state index < -0.39 is 0 Å². The molecule has 0 aliphatic heterocycles. The molecular weight excluding hydrogens is 168 g/mol. The molecule has 1 aromatic rings. The van der Waals surface area contributed by atoms with Crippen molar-refractivity contribution in [3.05, 3.63) is 33.8 Å². The van der Waals surface area contributed by atoms with Gasteiger partial charge in [0.25, 0.3) is 0 Å². The van der Waals surface area contributed by atoms with E-state index in [-0.39, 0.29) is 0 Å². The van der Waals surface area contributed by atoms with E-state index in [0.29, 0.717) is 0 Å². The lowest BCUT2D eigenvalue weighted by atomic mass is 10.0. The van der Waals surface area contributed by atoms with Crippen LogP contribution in [0.5, 0.6) is 0 Å². The molecule has 0 saturated heterocycles. The van der Waals surface area contributed by atoms with E-state index in [9.17, 15) is 0 Å². The molecule has 1 fully saturated rings. The third kappa shape index (κ3) is 1.36. The fraction of sp³-hybridized carbons (Fsp3) is 0.455. The first kappa shape index (κ1) is 8.12. The van der Waals surface area contributed by atoms with E-state index in [1.807, 2.05) is 0 Å². The highest BCUT2D eigenvalue weighted by molar-refractivity contribution is 6.31. The molecule has 0 radical (unpaired) electrons. The maximum atomic E-state index is 6.09. The second-order valence-electron chi connectivity index (χ2n) is 3.72. The van der Waals surface area contributed by atoms with Crippen molar-refractivity contribution in [1.82, 2.24) is 0 Å². The number of aryl methyl sites for hydroxylation is 1. The zero-order valence-electron chi connectivity index (χ0n) is 7.52. The normalized spacial score (nSPS) is 16.6. The Morgan fingerprint density at radius 3 is 2.42 bits per heavy atom. The fourth-order valence-electron chi connectivity index (χ4n) is 1.50. The van der Waals surface area contributed by atoms with Gasteiger partial charge in [0.15, 0.2) is 0 Å². The summed E-state index contributed by atoms with van der Waals surface area (Å²) in [5.41, 5.74) is 3.98. The lowest BCUT2D eigenvalue weighted by Gasteiger charge is -2.06. The summed E-state index contributed by atoms with van der Waals surface area (Å²) in [5, 5.41) is 0.928. The van der Waals surface area contributed by atoms with Crippen LogP contribution < -0.4 is 0 Å². The van der Waals surface area contributed by atoms with Gasteiger partial charge in [-0.2, -0.15) is 0 Å². The van der Waals surface area contributed by atoms with Crippen LogP contribution in [-0.2, 0) is 0 Å². The summed E-state index contributed by atoms with van der Waals surface area (Å²) < 4.78 is 0. The molecule has 0 aromatic heterocycles. The minimum Gasteiger partial charge on any atom is -0.0840 e. The minimum atomic E-state index is 0.807. The van der Waals surface area contributed by atoms with Crippen LogP contribution in [0.25, 0.3) is 0 Å². The van der Waals surface area contributed by atoms with Gasteiger partial charge in [-0.05, 0) is 55.4 Å². The second kappa shape index (κ2) is 2.77. The monoisotopic (exact) mass is 180 g/mol. The van der Waals surface area contributed by atoms with E-state index in [1.165, 1.54) is 29.5 Å². The van der Waals surface area contributed by atoms with Crippen LogP contribution in [0.3, 0.4) is 0 Å². The number of benzene rings is 1. The summed E-state index contributed by atoms with van der Waals surface area (Å²) in [4.78, 5) is 0. The molecule has 64 valence electrons. The third-order valence-corrected chi connectivity index (χ3v) is 3.07. The van der Waals surface area contributed by atoms with Crippen LogP contribution in [0.4, 0.5) is 0 Å². The second-order valence-corrected chi connectivity index (χ2v) is 4.13. The van der Waals surface area contributed by atoms with Crippen LogP contribution in [-0.4, -0.2) is 0 Å². The highest BCUT2D eigenvalue weighted by Gasteiger charge is 2.24. The highest BCUT2D eigenvalue weighted by Crippen LogP contribution is 2.41. The molecule has 0 N–H and O–H groups in total. The molecule has 12 heavy (non-hydrogen) atoms. The Morgan fingerprint density at radius 2 is 1.92 bits per heavy atom. The van der Waals surface area contributed by atoms with E-state index in [1.54, 1.807) is 0 Å². The zero-order chi connectivity index (χ0) is 8.72. The Bertz CT molecular complexity index is 288. The molecule has 1 heteroatoms. The smallest absolute Gasteiger partial charge is 0.0440 e. The van der Waals surface area contributed by atoms with Gasteiger partial charge in [-0.25, -0.2) is 0 Å². The largest absolute Gasteiger partial charge is 0.0840 e. The molecular formula is C11H13Cl. The number of halogens is 1. The Morgan fingerprint density at radius 1 is 1.25 bits per heavy atom. The van der Waals surface area contributed by atoms with Crippen molar-refractivity contribution in [2.75, 3.05) is 0 Å². The molecule has 1 aliphatic carbocycles. The van der Waals surface area contributed by atoms with Crippen molar-refractivity contribution in [3.63, 3.8) is 0 Å². The topological polar surface area (TPSA) is 0 Å². The van der Waals surface area contributed by atoms with Crippen LogP contribution in [0, 0.1) is 13.8 Å². The summed E-state index contributed by atoms with van der Waals surface area (Å²) in [6.07, 6.45) is 2.69. The van der Waals surface area contributed by atoms with Crippen LogP contribution in [0.15, 0.2) is 12.1 Å². The Balaban J connectivity index is 2.45. The maximum Gasteiger partial charge on any atom is 0.0440 e. The van der Waals surface area contributed by atoms with E-state index in [2.05, 4.69) is 26.0 Å². The predicted octanol–water partition coefficient (Wildman–Crippen LogP) is 3.83. The molecule has 1 aliphatic rings. The van der Waals surface area contributed by atoms with Crippen molar-refractivity contribution >= 4 is 11.6 Å². The van der Waals surface area contributed by atoms with Crippen LogP contribution in [0.1, 0.15) is 35.4 Å². The molecule has 2 rings (SSSR count). The summed E-state index contributed by atoms with van der Waals surface area (Å²) in [5.74, 6) is 0.807. The van der Waals surface area contributed by atoms with Crippen LogP contribution >= 0.6 is 11.6 Å². The van der Waals surface area contributed by atoms with Crippen molar-refractivity contribution in [2.24, 2.45) is 0 Å². The number of hydrogen-bond donors (Lipinski definition) is 0. The predicted molar refractivity (Wildman–Crippen MR) is 52.9 cm³/mol. The molecule has 0 atom stereocenters. The average molecular weight is 181 g/mol. The Hall–Kier alpha value is -0.490. The lowest BCUT2D eigenvalue weighted by Crippen LogP contribution is -1.86. The lowest BCUT2D eigenvalue weighted by molar-refractivity contribution is 1.11. The van der Waals surface area contributed by atoms with Gasteiger partial charge in [0, 0.05) is 5.02 Å². The van der Waals surface area contributed by atoms with Gasteiger partial charge in [0.05, 0.1) is 0 Å². The van der Waals surface area contributed by atoms with Gasteiger partial charge in [-0.15, -0.1) is 0 Å². The number of rotatable bonds is 1. The molecule has 0 nitrogen and oxygen atoms in total. The van der Waals surface area contributed by atoms with Gasteiger partial charge in [0.2, 0.25) is 0 Å². The summed E-state index contributed by atoms with van der Waals surface area (Å²) in [7, 11) is 0. The van der Waals surface area contributed by atoms with E-state index >= 15 is 0 Å². The molecule has 0 bridgehead atoms. The quantitative estimate of drug-likeness (QED) is 0.616. The zero-order valence-corrected chi connectivity index (χ0v) is 8.28. The Kier molecular flexibility index (Phi) is 1.88. The van der Waals surface area contributed by atoms with Gasteiger partial charge >= 0.3 is 0 Å². The van der Waals surface area contributed by atoms with E-state index in [0.717, 1.165) is 10.9 Å². The first-order valence-corrected chi connectivity index (χ1v) is 4.83. The van der Waals surface area contributed by atoms with Gasteiger partial charge in [-0.1, -0.05) is 17.7 Å². The summed E-state index contributed by atoms with van der Waals surface area (Å²) >= 11 is 6.09. The maximum absolute atomic E-state index is 6.09. The first-order valence-electron chi connectivity index (χ1n) is 4.45. The molecule has 1 aromatic carbocycles. The molecule has 0 amide bonds. The van der Waals surface area contributed by atoms with Crippen molar-refractivity contribution in [3.8, 4) is 0 Å². The van der Waals surface area contributed by atoms with E-state index in [4.69, 9.17) is 11.6 Å². The van der Waals surface area contributed by atoms with Gasteiger partial charge in [0.1, 0.15) is 0 Å². The minimum absolute atomic E-state index is 0.807. The van der Waals surface area contributed by atoms with Gasteiger partial charge < -0.3 is 0 Å². The molecule has 0 heterocycles. The first-order chi connectivity index (χ1) is 5.68. The van der Waals surface area contributed by atoms with Crippen molar-refractivity contribution in [1.29, 1.82) is 0 Å². The fourth-order valence-corrected chi connectivity index (χ4v) is 1.77. The molecule has 0 unspecified atom stereocenters. The standard InChI is InChI=1S/C11H13Cl/c1-7-5-10(9-3-4-9)6-11(12)8(7)2/h5-6,9H,3-4H2,1-2H3. The molecule has 1 saturated carbocycles. The van der Waals surface area contributed by atoms with Crippen molar-refractivity contribution < 1.29 is 0 Å². The average Bonchev–Trinajstić information content (AvgIpc) is 2.81. The molecule has 0 spiro atoms. The van der Waals surface area contributed by atoms with Crippen LogP contribution in [0.2, 0.25) is 5.02 Å². The Labute approximate surface area is 78.6 Å². The summed E-state index contributed by atoms with van der Waals surface area (Å²) in [6, 6.07) is 4.40. The highest BCUT2D eigenvalue weighted by atomic mass is 35.5. The van der Waals surface area contributed by atoms with Gasteiger partial charge in [-0.3, -0.25) is 0 Å². The SMILES string of the molecule is Cc1cc(C2CC2)cc(Cl)c1C. The number of hydrogen-bond acceptors (Lipinski definition) is 0. The third-order valence-electron chi connectivity index (χ3n) is 2.68. The summed E-state index contributed by atoms with van der Waals surface area (Å²) in [6.45, 7) is 4.21. The van der Waals surface area contributed by atoms with Crippen molar-refractivity contribution in [2.45, 2.75) is 32.6 Å².